The molecule has 9 heteroatoms. The molecule has 1 aliphatic carbocycles. The van der Waals surface area contributed by atoms with E-state index in [-0.39, 0.29) is 25.9 Å². The molecule has 8 aromatic rings. The third kappa shape index (κ3) is 8.34. The number of nitrogens with zero attached hydrogens (tertiary/aromatic N) is 5. The van der Waals surface area contributed by atoms with Gasteiger partial charge in [0.2, 0.25) is 0 Å². The van der Waals surface area contributed by atoms with Crippen LogP contribution in [0.3, 0.4) is 0 Å². The Kier molecular flexibility index (Phi) is 11.9. The molecule has 0 aliphatic heterocycles. The van der Waals surface area contributed by atoms with Crippen molar-refractivity contribution in [2.24, 2.45) is 5.92 Å². The van der Waals surface area contributed by atoms with Crippen LogP contribution in [0.15, 0.2) is 77.5 Å². The van der Waals surface area contributed by atoms with Crippen LogP contribution in [-0.4, -0.2) is 37.8 Å². The van der Waals surface area contributed by atoms with Gasteiger partial charge in [-0.2, -0.15) is 0 Å². The summed E-state index contributed by atoms with van der Waals surface area (Å²) < 4.78 is 23.3. The Morgan fingerprint density at radius 2 is 1.57 bits per heavy atom. The average molecular weight is 1010 g/mol. The van der Waals surface area contributed by atoms with Crippen LogP contribution in [0.1, 0.15) is 65.8 Å². The van der Waals surface area contributed by atoms with Gasteiger partial charge in [0.05, 0.1) is 23.1 Å². The summed E-state index contributed by atoms with van der Waals surface area (Å²) in [5.41, 5.74) is 15.8. The van der Waals surface area contributed by atoms with Gasteiger partial charge in [-0.15, -0.1) is 6.07 Å². The number of hydrogen-bond acceptors (Lipinski definition) is 5. The van der Waals surface area contributed by atoms with Gasteiger partial charge in [0.1, 0.15) is 11.3 Å². The molecule has 9 rings (SSSR count). The number of aryl methyl sites for hydroxylation is 6. The molecule has 0 N–H and O–H groups in total. The molecule has 0 fully saturated rings. The fraction of sp³-hybridized carbons (Fsp3) is 0.306. The van der Waals surface area contributed by atoms with E-state index in [9.17, 15) is 4.39 Å². The van der Waals surface area contributed by atoms with E-state index in [1.807, 2.05) is 19.3 Å². The Labute approximate surface area is 357 Å². The number of aromatic nitrogens is 5. The van der Waals surface area contributed by atoms with E-state index in [0.717, 1.165) is 80.7 Å². The van der Waals surface area contributed by atoms with E-state index in [1.54, 1.807) is 6.07 Å². The van der Waals surface area contributed by atoms with Crippen molar-refractivity contribution in [2.75, 3.05) is 0 Å². The van der Waals surface area contributed by atoms with Crippen molar-refractivity contribution < 1.29 is 28.9 Å². The van der Waals surface area contributed by atoms with Crippen molar-refractivity contribution in [1.29, 1.82) is 0 Å². The molecule has 1 aliphatic rings. The van der Waals surface area contributed by atoms with Gasteiger partial charge in [-0.05, 0) is 105 Å². The number of rotatable bonds is 6. The van der Waals surface area contributed by atoms with Crippen molar-refractivity contribution in [3.8, 4) is 28.3 Å². The number of benzene rings is 3. The Bertz CT molecular complexity index is 2790. The van der Waals surface area contributed by atoms with E-state index in [4.69, 9.17) is 9.40 Å². The maximum Gasteiger partial charge on any atom is 0.141 e. The second kappa shape index (κ2) is 16.6. The van der Waals surface area contributed by atoms with Crippen LogP contribution < -0.4 is 4.40 Å². The van der Waals surface area contributed by atoms with Gasteiger partial charge in [-0.25, -0.2) is 0 Å². The monoisotopic (exact) mass is 1010 g/mol. The molecular weight excluding hydrogens is 958 g/mol. The molecule has 0 atom stereocenters. The number of fused-ring (bicyclic) bond motifs is 5. The van der Waals surface area contributed by atoms with E-state index in [0.29, 0.717) is 11.6 Å². The number of pyridine rings is 3. The van der Waals surface area contributed by atoms with Crippen LogP contribution >= 0.6 is 0 Å². The van der Waals surface area contributed by atoms with Gasteiger partial charge < -0.3 is 14.0 Å². The van der Waals surface area contributed by atoms with E-state index in [1.165, 1.54) is 62.8 Å². The standard InChI is InChI=1S/C31H27N4O.C18H23FGeN.Ir/c1-17-9-18(2)29(19(3)10-17)35-27-11-20(4)32-16-26(27)34-30(35)23-13-25-24-12-21-7-5-6-8-22(21)14-28(24)36-31(25)33-15-23;1-13(2)9-15-11-18(14-7-6-8-16(19)10-14)21-12-17(15)20(3,4)5;/h9-14,16H,5-8H2,1-4H3;6,8,10-13H,9H2,1-5H3;/q2*-1;. The zero-order valence-electron chi connectivity index (χ0n) is 34.9. The second-order valence-corrected chi connectivity index (χ2v) is 27.8. The minimum absolute atomic E-state index is 0. The summed E-state index contributed by atoms with van der Waals surface area (Å²) in [6.45, 7) is 12.9. The normalized spacial score (nSPS) is 12.8. The summed E-state index contributed by atoms with van der Waals surface area (Å²) in [6, 6.07) is 23.0. The summed E-state index contributed by atoms with van der Waals surface area (Å²) in [4.78, 5) is 18.8. The summed E-state index contributed by atoms with van der Waals surface area (Å²) in [5.74, 6) is 8.32. The minimum atomic E-state index is -1.95. The molecule has 6 nitrogen and oxygen atoms in total. The average Bonchev–Trinajstić information content (AvgIpc) is 3.70. The maximum absolute atomic E-state index is 13.4. The first-order chi connectivity index (χ1) is 27.2. The Morgan fingerprint density at radius 1 is 0.845 bits per heavy atom. The summed E-state index contributed by atoms with van der Waals surface area (Å²) in [5, 5.41) is 2.13. The first kappa shape index (κ1) is 41.7. The van der Waals surface area contributed by atoms with Crippen molar-refractivity contribution in [3.63, 3.8) is 0 Å². The quantitative estimate of drug-likeness (QED) is 0.123. The molecule has 5 heterocycles. The van der Waals surface area contributed by atoms with Gasteiger partial charge in [0.15, 0.2) is 0 Å². The molecule has 0 saturated carbocycles. The van der Waals surface area contributed by atoms with Crippen LogP contribution in [0.5, 0.6) is 0 Å². The van der Waals surface area contributed by atoms with Gasteiger partial charge in [-0.3, -0.25) is 9.97 Å². The fourth-order valence-corrected chi connectivity index (χ4v) is 11.8. The summed E-state index contributed by atoms with van der Waals surface area (Å²) in [7, 11) is 0. The largest absolute Gasteiger partial charge is 0.483 e. The SMILES string of the molecule is CC(C)Cc1cc(-c2[c-]ccc(F)c2)nc[c]1[Ge]([CH3])([CH3])[CH3].Cc1cc(C)c(-n2c(-c3[c-]nc4oc5cc6c(cc5c4c3)CCCC6)nc3cnc(C)cc32)c(C)c1.[Ir]. The summed E-state index contributed by atoms with van der Waals surface area (Å²) >= 11 is -1.95. The molecule has 58 heavy (non-hydrogen) atoms. The Morgan fingerprint density at radius 3 is 2.26 bits per heavy atom. The van der Waals surface area contributed by atoms with Crippen LogP contribution in [-0.2, 0) is 39.4 Å². The van der Waals surface area contributed by atoms with Gasteiger partial charge in [0, 0.05) is 36.9 Å². The predicted octanol–water partition coefficient (Wildman–Crippen LogP) is 11.7. The molecular formula is C49H50FGeIrN5O-2. The fourth-order valence-electron chi connectivity index (χ4n) is 8.49. The van der Waals surface area contributed by atoms with Crippen molar-refractivity contribution >= 4 is 50.8 Å². The third-order valence-electron chi connectivity index (χ3n) is 11.0. The van der Waals surface area contributed by atoms with Gasteiger partial charge in [-0.1, -0.05) is 23.3 Å². The van der Waals surface area contributed by atoms with Crippen molar-refractivity contribution in [1.82, 2.24) is 24.5 Å². The Balaban J connectivity index is 0.000000200. The second-order valence-electron chi connectivity index (χ2n) is 17.3. The molecule has 5 aromatic heterocycles. The van der Waals surface area contributed by atoms with Crippen LogP contribution in [0.2, 0.25) is 17.3 Å². The number of furan rings is 1. The zero-order chi connectivity index (χ0) is 40.2. The molecule has 0 spiro atoms. The van der Waals surface area contributed by atoms with Crippen molar-refractivity contribution in [2.45, 2.75) is 90.9 Å². The van der Waals surface area contributed by atoms with E-state index >= 15 is 0 Å². The van der Waals surface area contributed by atoms with Crippen LogP contribution in [0.25, 0.3) is 61.4 Å². The zero-order valence-corrected chi connectivity index (χ0v) is 39.4. The summed E-state index contributed by atoms with van der Waals surface area (Å²) in [6.07, 6.45) is 12.9. The molecule has 0 unspecified atom stereocenters. The van der Waals surface area contributed by atoms with Crippen molar-refractivity contribution in [3.05, 3.63) is 130 Å². The molecule has 299 valence electrons. The number of hydrogen-bond donors (Lipinski definition) is 0. The number of imidazole rings is 1. The van der Waals surface area contributed by atoms with E-state index < -0.39 is 13.3 Å². The third-order valence-corrected chi connectivity index (χ3v) is 15.3. The van der Waals surface area contributed by atoms with Crippen LogP contribution in [0, 0.1) is 51.7 Å². The predicted molar refractivity (Wildman–Crippen MR) is 234 cm³/mol. The van der Waals surface area contributed by atoms with Gasteiger partial charge >= 0.3 is 130 Å². The first-order valence-corrected chi connectivity index (χ1v) is 27.4. The molecule has 0 saturated heterocycles. The number of halogens is 1. The topological polar surface area (TPSA) is 69.6 Å². The molecule has 3 aromatic carbocycles. The van der Waals surface area contributed by atoms with E-state index in [2.05, 4.69) is 126 Å². The molecule has 0 amide bonds. The van der Waals surface area contributed by atoms with Crippen LogP contribution in [0.4, 0.5) is 4.39 Å². The van der Waals surface area contributed by atoms with Gasteiger partial charge in [0.25, 0.3) is 0 Å². The molecule has 1 radical (unpaired) electrons. The smallest absolute Gasteiger partial charge is 0.141 e. The first-order valence-electron chi connectivity index (χ1n) is 20.1. The Hall–Kier alpha value is -4.50. The molecule has 0 bridgehead atoms. The minimum Gasteiger partial charge on any atom is -0.483 e. The maximum atomic E-state index is 13.4.